The minimum atomic E-state index is -1.08. The Morgan fingerprint density at radius 2 is 1.83 bits per heavy atom. The van der Waals surface area contributed by atoms with Gasteiger partial charge in [-0.05, 0) is 50.2 Å². The Bertz CT molecular complexity index is 534. The van der Waals surface area contributed by atoms with Gasteiger partial charge in [0.15, 0.2) is 11.6 Å². The van der Waals surface area contributed by atoms with Gasteiger partial charge in [0.2, 0.25) is 5.82 Å². The molecule has 0 spiro atoms. The van der Waals surface area contributed by atoms with Crippen molar-refractivity contribution in [2.24, 2.45) is 11.8 Å². The van der Waals surface area contributed by atoms with Gasteiger partial charge in [0.1, 0.15) is 0 Å². The molecule has 1 saturated carbocycles. The lowest BCUT2D eigenvalue weighted by molar-refractivity contribution is -0.140. The zero-order chi connectivity index (χ0) is 16.8. The summed E-state index contributed by atoms with van der Waals surface area (Å²) in [6, 6.07) is 2.74. The number of hydrogen-bond acceptors (Lipinski definition) is 2. The van der Waals surface area contributed by atoms with Crippen LogP contribution in [0.1, 0.15) is 63.9 Å². The van der Waals surface area contributed by atoms with Crippen molar-refractivity contribution >= 4 is 5.97 Å². The summed E-state index contributed by atoms with van der Waals surface area (Å²) in [5, 5.41) is 0. The largest absolute Gasteiger partial charge is 0.423 e. The molecule has 1 aromatic rings. The fourth-order valence-corrected chi connectivity index (χ4v) is 3.27. The summed E-state index contributed by atoms with van der Waals surface area (Å²) in [7, 11) is 0. The van der Waals surface area contributed by atoms with E-state index >= 15 is 0 Å². The zero-order valence-corrected chi connectivity index (χ0v) is 14.0. The fourth-order valence-electron chi connectivity index (χ4n) is 3.27. The molecule has 0 heterocycles. The van der Waals surface area contributed by atoms with E-state index in [1.165, 1.54) is 44.7 Å². The molecule has 0 bridgehead atoms. The van der Waals surface area contributed by atoms with Crippen LogP contribution in [0.25, 0.3) is 0 Å². The summed E-state index contributed by atoms with van der Waals surface area (Å²) < 4.78 is 32.4. The van der Waals surface area contributed by atoms with Crippen molar-refractivity contribution in [1.29, 1.82) is 0 Å². The number of benzene rings is 1. The van der Waals surface area contributed by atoms with Crippen molar-refractivity contribution in [2.45, 2.75) is 65.2 Å². The third-order valence-electron chi connectivity index (χ3n) is 4.85. The van der Waals surface area contributed by atoms with Crippen molar-refractivity contribution < 1.29 is 18.3 Å². The second-order valence-electron chi connectivity index (χ2n) is 6.64. The van der Waals surface area contributed by atoms with Crippen LogP contribution < -0.4 is 4.74 Å². The molecule has 0 unspecified atom stereocenters. The molecule has 0 N–H and O–H groups in total. The van der Waals surface area contributed by atoms with Crippen LogP contribution in [-0.4, -0.2) is 5.97 Å². The molecule has 0 radical (unpaired) electrons. The van der Waals surface area contributed by atoms with Gasteiger partial charge >= 0.3 is 5.97 Å². The average molecular weight is 324 g/mol. The highest BCUT2D eigenvalue weighted by molar-refractivity contribution is 5.75. The third-order valence-corrected chi connectivity index (χ3v) is 4.85. The predicted molar refractivity (Wildman–Crippen MR) is 86.3 cm³/mol. The van der Waals surface area contributed by atoms with E-state index in [2.05, 4.69) is 6.92 Å². The number of hydrogen-bond donors (Lipinski definition) is 0. The normalized spacial score (nSPS) is 21.2. The Labute approximate surface area is 137 Å². The number of carbonyl (C=O) groups is 1. The average Bonchev–Trinajstić information content (AvgIpc) is 2.56. The number of ether oxygens (including phenoxy) is 1. The fraction of sp³-hybridized carbons (Fsp3) is 0.632. The molecule has 1 aliphatic rings. The van der Waals surface area contributed by atoms with Crippen molar-refractivity contribution in [3.8, 4) is 5.75 Å². The summed E-state index contributed by atoms with van der Waals surface area (Å²) in [6.45, 7) is 3.67. The second kappa shape index (κ2) is 8.42. The molecule has 0 aliphatic heterocycles. The maximum absolute atomic E-state index is 13.8. The number of unbranched alkanes of at least 4 members (excludes halogenated alkanes) is 2. The number of aryl methyl sites for hydroxylation is 1. The number of halogens is 2. The Hall–Kier alpha value is -1.45. The SMILES string of the molecule is CCCCCC1CCC(C(=O)Oc2ccc(C)c(F)c2F)CC1. The first kappa shape index (κ1) is 17.9. The Morgan fingerprint density at radius 3 is 2.48 bits per heavy atom. The molecule has 1 fully saturated rings. The second-order valence-corrected chi connectivity index (χ2v) is 6.64. The van der Waals surface area contributed by atoms with Gasteiger partial charge in [-0.1, -0.05) is 38.7 Å². The van der Waals surface area contributed by atoms with E-state index in [4.69, 9.17) is 4.74 Å². The lowest BCUT2D eigenvalue weighted by Gasteiger charge is -2.27. The standard InChI is InChI=1S/C19H26F2O2/c1-3-4-5-6-14-8-10-15(11-9-14)19(22)23-16-12-7-13(2)17(20)18(16)21/h7,12,14-15H,3-6,8-11H2,1-2H3. The maximum Gasteiger partial charge on any atom is 0.314 e. The zero-order valence-electron chi connectivity index (χ0n) is 14.0. The van der Waals surface area contributed by atoms with E-state index in [1.807, 2.05) is 0 Å². The van der Waals surface area contributed by atoms with Crippen molar-refractivity contribution in [1.82, 2.24) is 0 Å². The van der Waals surface area contributed by atoms with Crippen LogP contribution in [0.15, 0.2) is 12.1 Å². The van der Waals surface area contributed by atoms with Gasteiger partial charge in [0.25, 0.3) is 0 Å². The number of carbonyl (C=O) groups excluding carboxylic acids is 1. The van der Waals surface area contributed by atoms with Gasteiger partial charge < -0.3 is 4.74 Å². The highest BCUT2D eigenvalue weighted by atomic mass is 19.2. The van der Waals surface area contributed by atoms with E-state index in [9.17, 15) is 13.6 Å². The lowest BCUT2D eigenvalue weighted by Crippen LogP contribution is -2.26. The van der Waals surface area contributed by atoms with Crippen molar-refractivity contribution in [3.05, 3.63) is 29.3 Å². The summed E-state index contributed by atoms with van der Waals surface area (Å²) in [6.07, 6.45) is 8.58. The van der Waals surface area contributed by atoms with Gasteiger partial charge in [-0.2, -0.15) is 4.39 Å². The maximum atomic E-state index is 13.8. The number of esters is 1. The van der Waals surface area contributed by atoms with Crippen LogP contribution in [0.5, 0.6) is 5.75 Å². The van der Waals surface area contributed by atoms with Crippen molar-refractivity contribution in [3.63, 3.8) is 0 Å². The lowest BCUT2D eigenvalue weighted by atomic mass is 9.80. The smallest absolute Gasteiger partial charge is 0.314 e. The topological polar surface area (TPSA) is 26.3 Å². The first-order valence-corrected chi connectivity index (χ1v) is 8.69. The van der Waals surface area contributed by atoms with Crippen LogP contribution in [-0.2, 0) is 4.79 Å². The minimum absolute atomic E-state index is 0.193. The highest BCUT2D eigenvalue weighted by Crippen LogP contribution is 2.33. The molecular formula is C19H26F2O2. The molecule has 128 valence electrons. The molecule has 0 saturated heterocycles. The Kier molecular flexibility index (Phi) is 6.55. The van der Waals surface area contributed by atoms with Gasteiger partial charge in [0.05, 0.1) is 5.92 Å². The molecule has 4 heteroatoms. The first-order valence-electron chi connectivity index (χ1n) is 8.69. The molecule has 0 amide bonds. The van der Waals surface area contributed by atoms with Crippen molar-refractivity contribution in [2.75, 3.05) is 0 Å². The number of rotatable bonds is 6. The van der Waals surface area contributed by atoms with Crippen LogP contribution in [0.3, 0.4) is 0 Å². The summed E-state index contributed by atoms with van der Waals surface area (Å²) >= 11 is 0. The molecular weight excluding hydrogens is 298 g/mol. The van der Waals surface area contributed by atoms with Gasteiger partial charge in [0, 0.05) is 0 Å². The summed E-state index contributed by atoms with van der Waals surface area (Å²) in [5.41, 5.74) is 0.204. The van der Waals surface area contributed by atoms with Crippen LogP contribution in [0.4, 0.5) is 8.78 Å². The van der Waals surface area contributed by atoms with E-state index in [0.29, 0.717) is 5.92 Å². The van der Waals surface area contributed by atoms with Crippen LogP contribution >= 0.6 is 0 Å². The highest BCUT2D eigenvalue weighted by Gasteiger charge is 2.28. The monoisotopic (exact) mass is 324 g/mol. The van der Waals surface area contributed by atoms with E-state index in [-0.39, 0.29) is 17.2 Å². The molecule has 2 nitrogen and oxygen atoms in total. The quantitative estimate of drug-likeness (QED) is 0.389. The first-order chi connectivity index (χ1) is 11.0. The van der Waals surface area contributed by atoms with Gasteiger partial charge in [-0.3, -0.25) is 4.79 Å². The molecule has 2 rings (SSSR count). The van der Waals surface area contributed by atoms with Gasteiger partial charge in [-0.15, -0.1) is 0 Å². The van der Waals surface area contributed by atoms with Crippen LogP contribution in [0, 0.1) is 30.4 Å². The molecule has 0 atom stereocenters. The van der Waals surface area contributed by atoms with E-state index in [0.717, 1.165) is 25.7 Å². The van der Waals surface area contributed by atoms with Crippen LogP contribution in [0.2, 0.25) is 0 Å². The Balaban J connectivity index is 1.85. The van der Waals surface area contributed by atoms with E-state index < -0.39 is 17.6 Å². The van der Waals surface area contributed by atoms with Gasteiger partial charge in [-0.25, -0.2) is 4.39 Å². The molecule has 1 aromatic carbocycles. The summed E-state index contributed by atoms with van der Waals surface area (Å²) in [4.78, 5) is 12.2. The van der Waals surface area contributed by atoms with E-state index in [1.54, 1.807) is 0 Å². The Morgan fingerprint density at radius 1 is 1.13 bits per heavy atom. The molecule has 23 heavy (non-hydrogen) atoms. The molecule has 0 aromatic heterocycles. The predicted octanol–water partition coefficient (Wildman–Crippen LogP) is 5.57. The third kappa shape index (κ3) is 4.76. The summed E-state index contributed by atoms with van der Waals surface area (Å²) in [5.74, 6) is -2.26. The minimum Gasteiger partial charge on any atom is -0.423 e. The molecule has 1 aliphatic carbocycles.